The molecule has 0 saturated heterocycles. The molecular weight excluding hydrogens is 308 g/mol. The normalized spacial score (nSPS) is 11.0. The van der Waals surface area contributed by atoms with Crippen LogP contribution in [-0.2, 0) is 13.6 Å². The highest BCUT2D eigenvalue weighted by Gasteiger charge is 2.06. The van der Waals surface area contributed by atoms with Crippen molar-refractivity contribution >= 4 is 27.4 Å². The van der Waals surface area contributed by atoms with Gasteiger partial charge in [-0.1, -0.05) is 0 Å². The Morgan fingerprint density at radius 1 is 1.22 bits per heavy atom. The van der Waals surface area contributed by atoms with Crippen LogP contribution in [0.4, 0.5) is 5.82 Å². The molecule has 0 radical (unpaired) electrons. The molecule has 0 fully saturated rings. The topological polar surface area (TPSA) is 68.5 Å². The predicted octanol–water partition coefficient (Wildman–Crippen LogP) is 3.10. The Morgan fingerprint density at radius 2 is 2.17 bits per heavy atom. The van der Waals surface area contributed by atoms with Crippen LogP contribution in [0.25, 0.3) is 21.5 Å². The van der Waals surface area contributed by atoms with Crippen molar-refractivity contribution in [1.82, 2.24) is 24.7 Å². The number of aromatic nitrogens is 5. The fourth-order valence-corrected chi connectivity index (χ4v) is 3.21. The molecule has 6 nitrogen and oxygen atoms in total. The number of nitrogens with zero attached hydrogens (tertiary/aromatic N) is 5. The van der Waals surface area contributed by atoms with Crippen molar-refractivity contribution in [2.75, 3.05) is 5.32 Å². The summed E-state index contributed by atoms with van der Waals surface area (Å²) in [6.07, 6.45) is 7.18. The molecule has 0 aliphatic heterocycles. The van der Waals surface area contributed by atoms with Crippen molar-refractivity contribution in [3.63, 3.8) is 0 Å². The molecule has 4 aromatic heterocycles. The summed E-state index contributed by atoms with van der Waals surface area (Å²) in [6, 6.07) is 6.07. The first-order valence-electron chi connectivity index (χ1n) is 7.15. The van der Waals surface area contributed by atoms with Crippen LogP contribution in [0.15, 0.2) is 48.5 Å². The second kappa shape index (κ2) is 5.77. The van der Waals surface area contributed by atoms with E-state index >= 15 is 0 Å². The number of aryl methyl sites for hydroxylation is 1. The summed E-state index contributed by atoms with van der Waals surface area (Å²) in [5, 5.41) is 9.60. The first-order valence-corrected chi connectivity index (χ1v) is 8.03. The van der Waals surface area contributed by atoms with Crippen molar-refractivity contribution in [3.05, 3.63) is 54.1 Å². The van der Waals surface area contributed by atoms with Gasteiger partial charge in [0.15, 0.2) is 0 Å². The van der Waals surface area contributed by atoms with E-state index in [9.17, 15) is 0 Å². The van der Waals surface area contributed by atoms with Gasteiger partial charge in [0.1, 0.15) is 12.1 Å². The largest absolute Gasteiger partial charge is 0.365 e. The molecule has 0 amide bonds. The van der Waals surface area contributed by atoms with Crippen LogP contribution in [-0.4, -0.2) is 24.7 Å². The number of hydrogen-bond acceptors (Lipinski definition) is 6. The fourth-order valence-electron chi connectivity index (χ4n) is 2.40. The van der Waals surface area contributed by atoms with E-state index in [2.05, 4.69) is 31.4 Å². The van der Waals surface area contributed by atoms with Gasteiger partial charge >= 0.3 is 0 Å². The fraction of sp³-hybridized carbons (Fsp3) is 0.125. The van der Waals surface area contributed by atoms with Crippen molar-refractivity contribution in [1.29, 1.82) is 0 Å². The molecule has 4 heterocycles. The summed E-state index contributed by atoms with van der Waals surface area (Å²) in [5.74, 6) is 0.866. The lowest BCUT2D eigenvalue weighted by molar-refractivity contribution is 0.768. The summed E-state index contributed by atoms with van der Waals surface area (Å²) in [5.41, 5.74) is 4.04. The van der Waals surface area contributed by atoms with Crippen LogP contribution < -0.4 is 5.32 Å². The van der Waals surface area contributed by atoms with Gasteiger partial charge in [0.2, 0.25) is 0 Å². The summed E-state index contributed by atoms with van der Waals surface area (Å²) in [7, 11) is 1.90. The Hall–Kier alpha value is -2.80. The molecule has 4 rings (SSSR count). The standard InChI is InChI=1S/C16H14N6S/c1-22-9-12(8-21-22)14-6-11(2-4-17-14)7-18-16-15-13(3-5-23-15)19-10-20-16/h2-6,8-10H,7H2,1H3,(H,18,19,20). The molecule has 0 spiro atoms. The maximum absolute atomic E-state index is 4.41. The molecule has 0 unspecified atom stereocenters. The maximum Gasteiger partial charge on any atom is 0.147 e. The monoisotopic (exact) mass is 322 g/mol. The highest BCUT2D eigenvalue weighted by atomic mass is 32.1. The number of hydrogen-bond donors (Lipinski definition) is 1. The minimum Gasteiger partial charge on any atom is -0.365 e. The lowest BCUT2D eigenvalue weighted by Crippen LogP contribution is -2.02. The molecule has 0 saturated carbocycles. The third-order valence-corrected chi connectivity index (χ3v) is 4.44. The van der Waals surface area contributed by atoms with Gasteiger partial charge in [-0.15, -0.1) is 11.3 Å². The van der Waals surface area contributed by atoms with Crippen LogP contribution in [0.1, 0.15) is 5.56 Å². The second-order valence-corrected chi connectivity index (χ2v) is 6.08. The minimum absolute atomic E-state index is 0.680. The van der Waals surface area contributed by atoms with Crippen LogP contribution >= 0.6 is 11.3 Å². The van der Waals surface area contributed by atoms with Crippen LogP contribution in [0.2, 0.25) is 0 Å². The number of anilines is 1. The van der Waals surface area contributed by atoms with Crippen LogP contribution in [0, 0.1) is 0 Å². The van der Waals surface area contributed by atoms with E-state index in [-0.39, 0.29) is 0 Å². The molecule has 4 aromatic rings. The van der Waals surface area contributed by atoms with Gasteiger partial charge in [-0.25, -0.2) is 9.97 Å². The molecule has 114 valence electrons. The lowest BCUT2D eigenvalue weighted by atomic mass is 10.1. The molecule has 0 bridgehead atoms. The number of nitrogens with one attached hydrogen (secondary N) is 1. The quantitative estimate of drug-likeness (QED) is 0.625. The zero-order valence-corrected chi connectivity index (χ0v) is 13.3. The second-order valence-electron chi connectivity index (χ2n) is 5.16. The number of pyridine rings is 1. The molecule has 23 heavy (non-hydrogen) atoms. The number of fused-ring (bicyclic) bond motifs is 1. The third-order valence-electron chi connectivity index (χ3n) is 3.53. The zero-order valence-electron chi connectivity index (χ0n) is 12.5. The van der Waals surface area contributed by atoms with Crippen molar-refractivity contribution in [2.24, 2.45) is 7.05 Å². The van der Waals surface area contributed by atoms with Crippen LogP contribution in [0.5, 0.6) is 0 Å². The Kier molecular flexibility index (Phi) is 3.47. The van der Waals surface area contributed by atoms with Gasteiger partial charge < -0.3 is 5.32 Å². The van der Waals surface area contributed by atoms with Gasteiger partial charge in [-0.3, -0.25) is 9.67 Å². The molecule has 7 heteroatoms. The SMILES string of the molecule is Cn1cc(-c2cc(CNc3ncnc4ccsc34)ccn2)cn1. The van der Waals surface area contributed by atoms with Gasteiger partial charge in [0.05, 0.1) is 22.1 Å². The van der Waals surface area contributed by atoms with E-state index < -0.39 is 0 Å². The first-order chi connectivity index (χ1) is 11.3. The van der Waals surface area contributed by atoms with Crippen molar-refractivity contribution in [2.45, 2.75) is 6.54 Å². The zero-order chi connectivity index (χ0) is 15.6. The smallest absolute Gasteiger partial charge is 0.147 e. The van der Waals surface area contributed by atoms with E-state index in [0.29, 0.717) is 6.54 Å². The van der Waals surface area contributed by atoms with E-state index in [1.54, 1.807) is 22.3 Å². The molecule has 0 aromatic carbocycles. The minimum atomic E-state index is 0.680. The number of rotatable bonds is 4. The number of thiophene rings is 1. The van der Waals surface area contributed by atoms with E-state index in [0.717, 1.165) is 32.9 Å². The van der Waals surface area contributed by atoms with Crippen molar-refractivity contribution < 1.29 is 0 Å². The summed E-state index contributed by atoms with van der Waals surface area (Å²) >= 11 is 1.64. The van der Waals surface area contributed by atoms with Crippen LogP contribution in [0.3, 0.4) is 0 Å². The Labute approximate surface area is 136 Å². The highest BCUT2D eigenvalue weighted by Crippen LogP contribution is 2.25. The third kappa shape index (κ3) is 2.78. The van der Waals surface area contributed by atoms with Gasteiger partial charge in [-0.2, -0.15) is 5.10 Å². The highest BCUT2D eigenvalue weighted by molar-refractivity contribution is 7.17. The summed E-state index contributed by atoms with van der Waals surface area (Å²) < 4.78 is 2.85. The molecule has 0 atom stereocenters. The van der Waals surface area contributed by atoms with Gasteiger partial charge in [0, 0.05) is 31.5 Å². The van der Waals surface area contributed by atoms with Crippen molar-refractivity contribution in [3.8, 4) is 11.3 Å². The first kappa shape index (κ1) is 13.8. The average molecular weight is 322 g/mol. The average Bonchev–Trinajstić information content (AvgIpc) is 3.22. The molecular formula is C16H14N6S. The molecule has 0 aliphatic carbocycles. The van der Waals surface area contributed by atoms with Gasteiger partial charge in [0.25, 0.3) is 0 Å². The Morgan fingerprint density at radius 3 is 3.04 bits per heavy atom. The Balaban J connectivity index is 1.56. The molecule has 0 aliphatic rings. The van der Waals surface area contributed by atoms with E-state index in [1.807, 2.05) is 43.2 Å². The van der Waals surface area contributed by atoms with E-state index in [4.69, 9.17) is 0 Å². The molecule has 1 N–H and O–H groups in total. The predicted molar refractivity (Wildman–Crippen MR) is 91.2 cm³/mol. The van der Waals surface area contributed by atoms with E-state index in [1.165, 1.54) is 0 Å². The Bertz CT molecular complexity index is 958. The maximum atomic E-state index is 4.41. The summed E-state index contributed by atoms with van der Waals surface area (Å²) in [6.45, 7) is 0.680. The lowest BCUT2D eigenvalue weighted by Gasteiger charge is -2.07. The van der Waals surface area contributed by atoms with Gasteiger partial charge in [-0.05, 0) is 29.1 Å². The summed E-state index contributed by atoms with van der Waals surface area (Å²) in [4.78, 5) is 13.0.